The molecule has 0 N–H and O–H groups in total. The Bertz CT molecular complexity index is 304. The Kier molecular flexibility index (Phi) is 2.53. The number of hydrogen-bond donors (Lipinski definition) is 0. The van der Waals surface area contributed by atoms with Crippen molar-refractivity contribution in [1.29, 1.82) is 5.26 Å². The number of halogens is 2. The van der Waals surface area contributed by atoms with Gasteiger partial charge in [-0.1, -0.05) is 11.6 Å². The maximum atomic E-state index is 8.67. The summed E-state index contributed by atoms with van der Waals surface area (Å²) in [5.41, 5.74) is 1.54. The van der Waals surface area contributed by atoms with Gasteiger partial charge >= 0.3 is 0 Å². The molecule has 0 amide bonds. The van der Waals surface area contributed by atoms with Crippen LogP contribution in [0.1, 0.15) is 11.1 Å². The molecule has 0 aliphatic heterocycles. The highest BCUT2D eigenvalue weighted by atomic mass is 79.9. The molecule has 56 valence electrons. The number of aryl methyl sites for hydroxylation is 1. The highest BCUT2D eigenvalue weighted by Gasteiger charge is 2.03. The largest absolute Gasteiger partial charge is 0.192 e. The van der Waals surface area contributed by atoms with Gasteiger partial charge in [-0.05, 0) is 40.5 Å². The number of nitriles is 1. The lowest BCUT2D eigenvalue weighted by Gasteiger charge is -1.99. The molecule has 0 atom stereocenters. The second-order valence-corrected chi connectivity index (χ2v) is 3.48. The minimum Gasteiger partial charge on any atom is -0.192 e. The summed E-state index contributed by atoms with van der Waals surface area (Å²) in [5, 5.41) is 9.31. The molecular weight excluding hydrogens is 225 g/mol. The van der Waals surface area contributed by atoms with Crippen molar-refractivity contribution in [2.75, 3.05) is 0 Å². The van der Waals surface area contributed by atoms with E-state index in [4.69, 9.17) is 16.9 Å². The first kappa shape index (κ1) is 8.58. The van der Waals surface area contributed by atoms with Gasteiger partial charge in [0.2, 0.25) is 0 Å². The van der Waals surface area contributed by atoms with Gasteiger partial charge in [-0.25, -0.2) is 0 Å². The Morgan fingerprint density at radius 1 is 1.55 bits per heavy atom. The van der Waals surface area contributed by atoms with Crippen LogP contribution in [-0.2, 0) is 0 Å². The van der Waals surface area contributed by atoms with Crippen LogP contribution in [0.4, 0.5) is 0 Å². The molecule has 1 aromatic carbocycles. The molecule has 0 fully saturated rings. The highest BCUT2D eigenvalue weighted by molar-refractivity contribution is 9.10. The van der Waals surface area contributed by atoms with E-state index in [0.29, 0.717) is 10.6 Å². The normalized spacial score (nSPS) is 9.27. The summed E-state index contributed by atoms with van der Waals surface area (Å²) in [5.74, 6) is 0. The van der Waals surface area contributed by atoms with Crippen molar-refractivity contribution in [2.24, 2.45) is 0 Å². The highest BCUT2D eigenvalue weighted by Crippen LogP contribution is 2.24. The zero-order valence-corrected chi connectivity index (χ0v) is 8.20. The van der Waals surface area contributed by atoms with Crippen LogP contribution in [0.5, 0.6) is 0 Å². The van der Waals surface area contributed by atoms with E-state index in [0.717, 1.165) is 10.0 Å². The van der Waals surface area contributed by atoms with Crippen LogP contribution in [0.25, 0.3) is 0 Å². The molecule has 0 heterocycles. The topological polar surface area (TPSA) is 23.8 Å². The number of benzene rings is 1. The van der Waals surface area contributed by atoms with Crippen molar-refractivity contribution >= 4 is 27.5 Å². The third-order valence-corrected chi connectivity index (χ3v) is 2.21. The minimum atomic E-state index is 0.647. The van der Waals surface area contributed by atoms with Gasteiger partial charge in [0.05, 0.1) is 5.56 Å². The fraction of sp³-hybridized carbons (Fsp3) is 0.125. The number of rotatable bonds is 0. The molecule has 0 aliphatic carbocycles. The zero-order valence-electron chi connectivity index (χ0n) is 5.86. The van der Waals surface area contributed by atoms with E-state index in [9.17, 15) is 0 Å². The van der Waals surface area contributed by atoms with E-state index in [1.54, 1.807) is 12.1 Å². The predicted octanol–water partition coefficient (Wildman–Crippen LogP) is 3.28. The fourth-order valence-electron chi connectivity index (χ4n) is 0.844. The molecule has 0 saturated heterocycles. The third kappa shape index (κ3) is 1.74. The lowest BCUT2D eigenvalue weighted by atomic mass is 10.1. The summed E-state index contributed by atoms with van der Waals surface area (Å²) in [6.07, 6.45) is 0. The fourth-order valence-corrected chi connectivity index (χ4v) is 1.90. The van der Waals surface area contributed by atoms with Gasteiger partial charge < -0.3 is 0 Å². The monoisotopic (exact) mass is 229 g/mol. The first-order valence-corrected chi connectivity index (χ1v) is 4.18. The maximum Gasteiger partial charge on any atom is 0.101 e. The summed E-state index contributed by atoms with van der Waals surface area (Å²) in [6.45, 7) is 1.86. The van der Waals surface area contributed by atoms with Gasteiger partial charge in [-0.2, -0.15) is 5.26 Å². The summed E-state index contributed by atoms with van der Waals surface area (Å²) in [7, 11) is 0. The van der Waals surface area contributed by atoms with Crippen LogP contribution in [-0.4, -0.2) is 0 Å². The van der Waals surface area contributed by atoms with Crippen LogP contribution in [0.3, 0.4) is 0 Å². The molecule has 0 radical (unpaired) electrons. The summed E-state index contributed by atoms with van der Waals surface area (Å²) in [4.78, 5) is 0. The standard InChI is InChI=1S/C8H5BrClN/c1-5-2-6(10)3-8(9)7(5)4-11/h2-3H,1H3. The Balaban J connectivity index is 3.40. The Morgan fingerprint density at radius 2 is 2.18 bits per heavy atom. The van der Waals surface area contributed by atoms with Crippen molar-refractivity contribution in [3.63, 3.8) is 0 Å². The first-order chi connectivity index (χ1) is 5.15. The number of hydrogen-bond acceptors (Lipinski definition) is 1. The molecule has 0 saturated carbocycles. The van der Waals surface area contributed by atoms with Crippen LogP contribution >= 0.6 is 27.5 Å². The van der Waals surface area contributed by atoms with Crippen LogP contribution in [0, 0.1) is 18.3 Å². The van der Waals surface area contributed by atoms with E-state index in [1.165, 1.54) is 0 Å². The van der Waals surface area contributed by atoms with E-state index in [2.05, 4.69) is 22.0 Å². The average Bonchev–Trinajstić information content (AvgIpc) is 1.85. The van der Waals surface area contributed by atoms with E-state index in [1.807, 2.05) is 6.92 Å². The van der Waals surface area contributed by atoms with Gasteiger partial charge in [0.15, 0.2) is 0 Å². The SMILES string of the molecule is Cc1cc(Cl)cc(Br)c1C#N. The lowest BCUT2D eigenvalue weighted by molar-refractivity contribution is 1.37. The lowest BCUT2D eigenvalue weighted by Crippen LogP contribution is -1.83. The molecule has 0 aliphatic rings. The molecule has 1 aromatic rings. The molecule has 1 rings (SSSR count). The molecule has 0 spiro atoms. The van der Waals surface area contributed by atoms with Gasteiger partial charge in [0.25, 0.3) is 0 Å². The molecule has 3 heteroatoms. The summed E-state index contributed by atoms with van der Waals surface area (Å²) in [6, 6.07) is 5.57. The molecular formula is C8H5BrClN. The Morgan fingerprint density at radius 3 is 2.64 bits per heavy atom. The van der Waals surface area contributed by atoms with E-state index >= 15 is 0 Å². The minimum absolute atomic E-state index is 0.647. The maximum absolute atomic E-state index is 8.67. The quantitative estimate of drug-likeness (QED) is 0.671. The van der Waals surface area contributed by atoms with Crippen LogP contribution in [0.2, 0.25) is 5.02 Å². The van der Waals surface area contributed by atoms with Crippen molar-refractivity contribution in [1.82, 2.24) is 0 Å². The van der Waals surface area contributed by atoms with Crippen LogP contribution < -0.4 is 0 Å². The first-order valence-electron chi connectivity index (χ1n) is 3.01. The summed E-state index contributed by atoms with van der Waals surface area (Å²) >= 11 is 8.99. The Hall–Kier alpha value is -0.520. The van der Waals surface area contributed by atoms with Gasteiger partial charge in [-0.3, -0.25) is 0 Å². The van der Waals surface area contributed by atoms with Gasteiger partial charge in [0, 0.05) is 9.50 Å². The molecule has 0 unspecified atom stereocenters. The van der Waals surface area contributed by atoms with Crippen molar-refractivity contribution in [3.8, 4) is 6.07 Å². The second-order valence-electron chi connectivity index (χ2n) is 2.19. The molecule has 0 aromatic heterocycles. The van der Waals surface area contributed by atoms with Gasteiger partial charge in [0.1, 0.15) is 6.07 Å². The molecule has 1 nitrogen and oxygen atoms in total. The van der Waals surface area contributed by atoms with Crippen molar-refractivity contribution in [2.45, 2.75) is 6.92 Å². The van der Waals surface area contributed by atoms with Crippen molar-refractivity contribution < 1.29 is 0 Å². The smallest absolute Gasteiger partial charge is 0.101 e. The molecule has 0 bridgehead atoms. The zero-order chi connectivity index (χ0) is 8.43. The van der Waals surface area contributed by atoms with Crippen LogP contribution in [0.15, 0.2) is 16.6 Å². The van der Waals surface area contributed by atoms with E-state index < -0.39 is 0 Å². The second kappa shape index (κ2) is 3.25. The Labute approximate surface area is 78.7 Å². The van der Waals surface area contributed by atoms with Gasteiger partial charge in [-0.15, -0.1) is 0 Å². The molecule has 11 heavy (non-hydrogen) atoms. The average molecular weight is 230 g/mol. The third-order valence-electron chi connectivity index (χ3n) is 1.36. The number of nitrogens with zero attached hydrogens (tertiary/aromatic N) is 1. The summed E-state index contributed by atoms with van der Waals surface area (Å²) < 4.78 is 0.755. The van der Waals surface area contributed by atoms with E-state index in [-0.39, 0.29) is 0 Å². The predicted molar refractivity (Wildman–Crippen MR) is 48.6 cm³/mol. The van der Waals surface area contributed by atoms with Crippen molar-refractivity contribution in [3.05, 3.63) is 32.8 Å².